The molecule has 0 saturated carbocycles. The standard InChI is InChI=1S/C11H15F2N3O/c1-14-5-2-6-15-11(17)16-10-4-3-8(12)7-9(10)13/h3-4,7,14H,2,5-6H2,1H3,(H2,15,16,17). The van der Waals surface area contributed by atoms with Gasteiger partial charge < -0.3 is 16.0 Å². The van der Waals surface area contributed by atoms with Crippen molar-refractivity contribution in [3.05, 3.63) is 29.8 Å². The van der Waals surface area contributed by atoms with Gasteiger partial charge in [-0.3, -0.25) is 0 Å². The lowest BCUT2D eigenvalue weighted by Crippen LogP contribution is -2.31. The molecule has 0 aromatic heterocycles. The van der Waals surface area contributed by atoms with Crippen molar-refractivity contribution in [3.63, 3.8) is 0 Å². The van der Waals surface area contributed by atoms with Crippen LogP contribution in [-0.4, -0.2) is 26.2 Å². The van der Waals surface area contributed by atoms with Crippen LogP contribution in [0.3, 0.4) is 0 Å². The lowest BCUT2D eigenvalue weighted by molar-refractivity contribution is 0.252. The second-order valence-corrected chi connectivity index (χ2v) is 3.46. The summed E-state index contributed by atoms with van der Waals surface area (Å²) in [4.78, 5) is 11.3. The van der Waals surface area contributed by atoms with Gasteiger partial charge in [-0.1, -0.05) is 0 Å². The number of carbonyl (C=O) groups excluding carboxylic acids is 1. The molecule has 0 atom stereocenters. The van der Waals surface area contributed by atoms with Gasteiger partial charge in [0.15, 0.2) is 0 Å². The number of nitrogens with one attached hydrogen (secondary N) is 3. The molecule has 0 bridgehead atoms. The van der Waals surface area contributed by atoms with Crippen molar-refractivity contribution in [2.24, 2.45) is 0 Å². The van der Waals surface area contributed by atoms with E-state index in [0.717, 1.165) is 25.1 Å². The largest absolute Gasteiger partial charge is 0.338 e. The quantitative estimate of drug-likeness (QED) is 0.689. The Labute approximate surface area is 98.4 Å². The molecule has 0 aliphatic carbocycles. The van der Waals surface area contributed by atoms with Crippen molar-refractivity contribution in [1.82, 2.24) is 10.6 Å². The number of hydrogen-bond donors (Lipinski definition) is 3. The van der Waals surface area contributed by atoms with Gasteiger partial charge in [0.05, 0.1) is 5.69 Å². The molecule has 0 aliphatic rings. The molecule has 1 aromatic rings. The first-order valence-electron chi connectivity index (χ1n) is 5.28. The first-order valence-corrected chi connectivity index (χ1v) is 5.28. The number of urea groups is 1. The molecule has 0 saturated heterocycles. The molecule has 2 amide bonds. The molecule has 94 valence electrons. The van der Waals surface area contributed by atoms with Crippen molar-refractivity contribution in [1.29, 1.82) is 0 Å². The minimum absolute atomic E-state index is 0.0440. The maximum Gasteiger partial charge on any atom is 0.319 e. The second kappa shape index (κ2) is 6.80. The molecule has 3 N–H and O–H groups in total. The minimum Gasteiger partial charge on any atom is -0.338 e. The summed E-state index contributed by atoms with van der Waals surface area (Å²) in [6.45, 7) is 1.26. The van der Waals surface area contributed by atoms with Crippen LogP contribution in [0.25, 0.3) is 0 Å². The van der Waals surface area contributed by atoms with Crippen molar-refractivity contribution >= 4 is 11.7 Å². The molecule has 0 unspecified atom stereocenters. The summed E-state index contributed by atoms with van der Waals surface area (Å²) in [5, 5.41) is 7.79. The number of halogens is 2. The highest BCUT2D eigenvalue weighted by molar-refractivity contribution is 5.89. The van der Waals surface area contributed by atoms with E-state index in [9.17, 15) is 13.6 Å². The van der Waals surface area contributed by atoms with E-state index >= 15 is 0 Å². The fourth-order valence-electron chi connectivity index (χ4n) is 1.22. The Bertz CT molecular complexity index is 385. The van der Waals surface area contributed by atoms with Gasteiger partial charge >= 0.3 is 6.03 Å². The van der Waals surface area contributed by atoms with Crippen LogP contribution in [0.5, 0.6) is 0 Å². The van der Waals surface area contributed by atoms with Gasteiger partial charge in [0.1, 0.15) is 11.6 Å². The molecule has 17 heavy (non-hydrogen) atoms. The highest BCUT2D eigenvalue weighted by atomic mass is 19.1. The highest BCUT2D eigenvalue weighted by Gasteiger charge is 2.06. The first kappa shape index (κ1) is 13.4. The highest BCUT2D eigenvalue weighted by Crippen LogP contribution is 2.14. The van der Waals surface area contributed by atoms with E-state index in [2.05, 4.69) is 16.0 Å². The lowest BCUT2D eigenvalue weighted by atomic mass is 10.3. The third-order valence-corrected chi connectivity index (χ3v) is 2.07. The summed E-state index contributed by atoms with van der Waals surface area (Å²) in [7, 11) is 1.81. The average molecular weight is 243 g/mol. The van der Waals surface area contributed by atoms with Crippen LogP contribution in [0.2, 0.25) is 0 Å². The second-order valence-electron chi connectivity index (χ2n) is 3.46. The lowest BCUT2D eigenvalue weighted by Gasteiger charge is -2.08. The van der Waals surface area contributed by atoms with Crippen molar-refractivity contribution in [2.45, 2.75) is 6.42 Å². The number of anilines is 1. The molecule has 0 fully saturated rings. The summed E-state index contributed by atoms with van der Waals surface area (Å²) in [5.74, 6) is -1.47. The summed E-state index contributed by atoms with van der Waals surface area (Å²) in [5.41, 5.74) is -0.0440. The summed E-state index contributed by atoms with van der Waals surface area (Å²) in [6, 6.07) is 2.47. The smallest absolute Gasteiger partial charge is 0.319 e. The molecule has 1 rings (SSSR count). The van der Waals surface area contributed by atoms with Gasteiger partial charge in [-0.15, -0.1) is 0 Å². The van der Waals surface area contributed by atoms with E-state index in [1.807, 2.05) is 7.05 Å². The summed E-state index contributed by atoms with van der Waals surface area (Å²) < 4.78 is 25.8. The first-order chi connectivity index (χ1) is 8.13. The number of carbonyl (C=O) groups is 1. The number of hydrogen-bond acceptors (Lipinski definition) is 2. The van der Waals surface area contributed by atoms with Crippen LogP contribution in [0.1, 0.15) is 6.42 Å². The van der Waals surface area contributed by atoms with E-state index < -0.39 is 17.7 Å². The van der Waals surface area contributed by atoms with Crippen molar-refractivity contribution in [3.8, 4) is 0 Å². The molecule has 0 aliphatic heterocycles. The van der Waals surface area contributed by atoms with Gasteiger partial charge in [0, 0.05) is 12.6 Å². The van der Waals surface area contributed by atoms with E-state index in [1.54, 1.807) is 0 Å². The van der Waals surface area contributed by atoms with E-state index in [-0.39, 0.29) is 5.69 Å². The van der Waals surface area contributed by atoms with Crippen LogP contribution in [0, 0.1) is 11.6 Å². The molecular weight excluding hydrogens is 228 g/mol. The molecule has 4 nitrogen and oxygen atoms in total. The maximum atomic E-state index is 13.2. The Morgan fingerprint density at radius 3 is 2.71 bits per heavy atom. The van der Waals surface area contributed by atoms with E-state index in [4.69, 9.17) is 0 Å². The van der Waals surface area contributed by atoms with E-state index in [1.165, 1.54) is 6.07 Å². The Hall–Kier alpha value is -1.69. The van der Waals surface area contributed by atoms with Gasteiger partial charge in [-0.2, -0.15) is 0 Å². The summed E-state index contributed by atoms with van der Waals surface area (Å²) >= 11 is 0. The average Bonchev–Trinajstić information content (AvgIpc) is 2.28. The normalized spacial score (nSPS) is 10.1. The third kappa shape index (κ3) is 4.78. The van der Waals surface area contributed by atoms with Gasteiger partial charge in [-0.25, -0.2) is 13.6 Å². The van der Waals surface area contributed by atoms with Crippen LogP contribution in [0.4, 0.5) is 19.3 Å². The molecule has 0 spiro atoms. The Balaban J connectivity index is 2.40. The SMILES string of the molecule is CNCCCNC(=O)Nc1ccc(F)cc1F. The molecule has 0 radical (unpaired) electrons. The monoisotopic (exact) mass is 243 g/mol. The van der Waals surface area contributed by atoms with Crippen molar-refractivity contribution < 1.29 is 13.6 Å². The Kier molecular flexibility index (Phi) is 5.35. The number of amides is 2. The minimum atomic E-state index is -0.796. The zero-order valence-corrected chi connectivity index (χ0v) is 9.52. The van der Waals surface area contributed by atoms with E-state index in [0.29, 0.717) is 6.54 Å². The molecule has 1 aromatic carbocycles. The van der Waals surface area contributed by atoms with Gasteiger partial charge in [0.2, 0.25) is 0 Å². The van der Waals surface area contributed by atoms with Gasteiger partial charge in [-0.05, 0) is 32.1 Å². The Morgan fingerprint density at radius 2 is 2.06 bits per heavy atom. The predicted molar refractivity (Wildman–Crippen MR) is 61.9 cm³/mol. The van der Waals surface area contributed by atoms with Crippen LogP contribution in [0.15, 0.2) is 18.2 Å². The fraction of sp³-hybridized carbons (Fsp3) is 0.364. The zero-order valence-electron chi connectivity index (χ0n) is 9.52. The molecule has 0 heterocycles. The fourth-order valence-corrected chi connectivity index (χ4v) is 1.22. The molecular formula is C11H15F2N3O. The van der Waals surface area contributed by atoms with Crippen LogP contribution in [-0.2, 0) is 0 Å². The Morgan fingerprint density at radius 1 is 1.29 bits per heavy atom. The van der Waals surface area contributed by atoms with Gasteiger partial charge in [0.25, 0.3) is 0 Å². The zero-order chi connectivity index (χ0) is 12.7. The summed E-state index contributed by atoms with van der Waals surface area (Å²) in [6.07, 6.45) is 0.774. The van der Waals surface area contributed by atoms with Crippen molar-refractivity contribution in [2.75, 3.05) is 25.5 Å². The predicted octanol–water partition coefficient (Wildman–Crippen LogP) is 1.70. The number of benzene rings is 1. The topological polar surface area (TPSA) is 53.2 Å². The third-order valence-electron chi connectivity index (χ3n) is 2.07. The molecule has 6 heteroatoms. The van der Waals surface area contributed by atoms with Crippen LogP contribution < -0.4 is 16.0 Å². The number of rotatable bonds is 5. The maximum absolute atomic E-state index is 13.2. The van der Waals surface area contributed by atoms with Crippen LogP contribution >= 0.6 is 0 Å².